The Hall–Kier alpha value is -1.58. The van der Waals surface area contributed by atoms with Crippen molar-refractivity contribution in [1.29, 1.82) is 0 Å². The van der Waals surface area contributed by atoms with Crippen LogP contribution in [0.25, 0.3) is 0 Å². The van der Waals surface area contributed by atoms with Crippen molar-refractivity contribution in [2.24, 2.45) is 29.6 Å². The van der Waals surface area contributed by atoms with Gasteiger partial charge in [-0.3, -0.25) is 0 Å². The summed E-state index contributed by atoms with van der Waals surface area (Å²) in [5.74, 6) is 1.48. The summed E-state index contributed by atoms with van der Waals surface area (Å²) in [7, 11) is 0. The monoisotopic (exact) mass is 376 g/mol. The largest absolute Gasteiger partial charge is 0.462 e. The molecule has 0 N–H and O–H groups in total. The number of carbonyl (C=O) groups excluding carboxylic acids is 2. The van der Waals surface area contributed by atoms with E-state index in [1.54, 1.807) is 19.9 Å². The van der Waals surface area contributed by atoms with Gasteiger partial charge in [-0.1, -0.05) is 33.8 Å². The highest BCUT2D eigenvalue weighted by Gasteiger charge is 2.34. The van der Waals surface area contributed by atoms with Crippen LogP contribution in [-0.4, -0.2) is 24.6 Å². The maximum Gasteiger partial charge on any atom is 0.337 e. The van der Waals surface area contributed by atoms with Gasteiger partial charge in [0.2, 0.25) is 0 Å². The Labute approximate surface area is 164 Å². The van der Waals surface area contributed by atoms with E-state index >= 15 is 0 Å². The van der Waals surface area contributed by atoms with E-state index in [0.29, 0.717) is 47.3 Å². The molecule has 0 aliphatic heterocycles. The van der Waals surface area contributed by atoms with E-state index in [4.69, 9.17) is 9.47 Å². The lowest BCUT2D eigenvalue weighted by molar-refractivity contribution is -0.147. The molecule has 2 aliphatic rings. The van der Waals surface area contributed by atoms with Gasteiger partial charge < -0.3 is 9.47 Å². The molecular formula is C23H36O4. The molecule has 0 heterocycles. The Morgan fingerprint density at radius 3 is 1.93 bits per heavy atom. The number of hydrogen-bond acceptors (Lipinski definition) is 4. The van der Waals surface area contributed by atoms with Crippen LogP contribution in [0.3, 0.4) is 0 Å². The number of rotatable bonds is 6. The molecule has 0 spiro atoms. The molecule has 152 valence electrons. The molecule has 0 saturated heterocycles. The molecule has 0 amide bonds. The van der Waals surface area contributed by atoms with Gasteiger partial charge >= 0.3 is 11.9 Å². The number of carbonyl (C=O) groups is 2. The fourth-order valence-corrected chi connectivity index (χ4v) is 4.55. The van der Waals surface area contributed by atoms with E-state index in [2.05, 4.69) is 27.7 Å². The van der Waals surface area contributed by atoms with Gasteiger partial charge in [0.05, 0.1) is 12.2 Å². The van der Waals surface area contributed by atoms with E-state index in [9.17, 15) is 9.59 Å². The van der Waals surface area contributed by atoms with Crippen LogP contribution in [0.1, 0.15) is 67.2 Å². The quantitative estimate of drug-likeness (QED) is 0.368. The minimum absolute atomic E-state index is 0.0363. The second-order valence-electron chi connectivity index (χ2n) is 8.68. The number of ether oxygens (including phenoxy) is 2. The van der Waals surface area contributed by atoms with Crippen LogP contribution in [0, 0.1) is 29.6 Å². The van der Waals surface area contributed by atoms with Gasteiger partial charge in [-0.25, -0.2) is 9.59 Å². The molecule has 0 radical (unpaired) electrons. The van der Waals surface area contributed by atoms with Crippen LogP contribution < -0.4 is 0 Å². The molecule has 2 aliphatic carbocycles. The van der Waals surface area contributed by atoms with Crippen LogP contribution in [0.15, 0.2) is 23.3 Å². The molecule has 27 heavy (non-hydrogen) atoms. The third-order valence-corrected chi connectivity index (χ3v) is 6.41. The maximum absolute atomic E-state index is 12.6. The molecular weight excluding hydrogens is 340 g/mol. The summed E-state index contributed by atoms with van der Waals surface area (Å²) in [6, 6.07) is 0. The Morgan fingerprint density at radius 2 is 1.41 bits per heavy atom. The van der Waals surface area contributed by atoms with Crippen LogP contribution in [0.4, 0.5) is 0 Å². The first-order valence-corrected chi connectivity index (χ1v) is 10.5. The number of allylic oxidation sites excluding steroid dienone is 1. The summed E-state index contributed by atoms with van der Waals surface area (Å²) >= 11 is 0. The highest BCUT2D eigenvalue weighted by molar-refractivity contribution is 5.96. The fourth-order valence-electron chi connectivity index (χ4n) is 4.55. The lowest BCUT2D eigenvalue weighted by Gasteiger charge is -2.21. The van der Waals surface area contributed by atoms with Crippen molar-refractivity contribution >= 4 is 11.9 Å². The topological polar surface area (TPSA) is 52.6 Å². The Morgan fingerprint density at radius 1 is 0.889 bits per heavy atom. The van der Waals surface area contributed by atoms with Gasteiger partial charge in [-0.15, -0.1) is 0 Å². The maximum atomic E-state index is 12.6. The van der Waals surface area contributed by atoms with Gasteiger partial charge in [0.15, 0.2) is 0 Å². The Kier molecular flexibility index (Phi) is 7.69. The van der Waals surface area contributed by atoms with Crippen LogP contribution in [0.5, 0.6) is 0 Å². The second kappa shape index (κ2) is 9.57. The van der Waals surface area contributed by atoms with E-state index in [-0.39, 0.29) is 18.0 Å². The zero-order valence-electron chi connectivity index (χ0n) is 17.8. The smallest absolute Gasteiger partial charge is 0.337 e. The summed E-state index contributed by atoms with van der Waals surface area (Å²) in [6.07, 6.45) is 8.15. The summed E-state index contributed by atoms with van der Waals surface area (Å²) in [4.78, 5) is 25.1. The van der Waals surface area contributed by atoms with E-state index in [0.717, 1.165) is 12.8 Å². The van der Waals surface area contributed by atoms with Gasteiger partial charge in [0.25, 0.3) is 0 Å². The molecule has 2 saturated carbocycles. The summed E-state index contributed by atoms with van der Waals surface area (Å²) in [6.45, 7) is 12.6. The minimum atomic E-state index is -0.362. The van der Waals surface area contributed by atoms with Crippen LogP contribution in [-0.2, 0) is 19.1 Å². The predicted molar refractivity (Wildman–Crippen MR) is 107 cm³/mol. The van der Waals surface area contributed by atoms with Crippen molar-refractivity contribution in [2.75, 3.05) is 6.61 Å². The molecule has 2 fully saturated rings. The van der Waals surface area contributed by atoms with Crippen molar-refractivity contribution in [3.8, 4) is 0 Å². The predicted octanol–water partition coefficient (Wildman–Crippen LogP) is 5.08. The van der Waals surface area contributed by atoms with Crippen LogP contribution in [0.2, 0.25) is 0 Å². The first-order valence-electron chi connectivity index (χ1n) is 10.5. The molecule has 4 atom stereocenters. The molecule has 0 aromatic carbocycles. The van der Waals surface area contributed by atoms with E-state index in [1.165, 1.54) is 12.8 Å². The molecule has 4 unspecified atom stereocenters. The number of esters is 2. The van der Waals surface area contributed by atoms with E-state index < -0.39 is 0 Å². The van der Waals surface area contributed by atoms with Crippen molar-refractivity contribution in [3.63, 3.8) is 0 Å². The molecule has 4 nitrogen and oxygen atoms in total. The zero-order valence-corrected chi connectivity index (χ0v) is 17.8. The molecule has 0 bridgehead atoms. The summed E-state index contributed by atoms with van der Waals surface area (Å²) in [5, 5.41) is 0. The zero-order chi connectivity index (χ0) is 20.1. The third kappa shape index (κ3) is 5.46. The molecule has 0 aromatic rings. The van der Waals surface area contributed by atoms with Crippen molar-refractivity contribution in [1.82, 2.24) is 0 Å². The van der Waals surface area contributed by atoms with Crippen LogP contribution >= 0.6 is 0 Å². The van der Waals surface area contributed by atoms with Gasteiger partial charge in [-0.2, -0.15) is 0 Å². The summed E-state index contributed by atoms with van der Waals surface area (Å²) in [5.41, 5.74) is 0.934. The molecule has 0 aromatic heterocycles. The SMILES string of the molecule is CCOC(=O)C(C=C(C)C(=O)OC1C(C)CCC1C)=CC1C(C)CCC1C. The van der Waals surface area contributed by atoms with E-state index in [1.807, 2.05) is 6.08 Å². The average Bonchev–Trinajstić information content (AvgIpc) is 3.11. The Balaban J connectivity index is 2.19. The Bertz CT molecular complexity index is 583. The molecule has 4 heteroatoms. The third-order valence-electron chi connectivity index (χ3n) is 6.41. The van der Waals surface area contributed by atoms with Crippen molar-refractivity contribution in [3.05, 3.63) is 23.3 Å². The average molecular weight is 377 g/mol. The lowest BCUT2D eigenvalue weighted by atomic mass is 9.89. The van der Waals surface area contributed by atoms with Gasteiger partial charge in [-0.05, 0) is 75.2 Å². The standard InChI is InChI=1S/C23H36O4/c1-7-26-23(25)19(13-20-14(2)8-9-15(20)3)12-18(6)22(24)27-21-16(4)10-11-17(21)5/h12-17,20-21H,7-11H2,1-6H3. The normalized spacial score (nSPS) is 34.6. The van der Waals surface area contributed by atoms with Gasteiger partial charge in [0.1, 0.15) is 6.10 Å². The minimum Gasteiger partial charge on any atom is -0.462 e. The van der Waals surface area contributed by atoms with Crippen molar-refractivity contribution in [2.45, 2.75) is 73.3 Å². The number of hydrogen-bond donors (Lipinski definition) is 0. The highest BCUT2D eigenvalue weighted by Crippen LogP contribution is 2.38. The second-order valence-corrected chi connectivity index (χ2v) is 8.68. The first-order chi connectivity index (χ1) is 12.7. The molecule has 2 rings (SSSR count). The summed E-state index contributed by atoms with van der Waals surface area (Å²) < 4.78 is 11.0. The lowest BCUT2D eigenvalue weighted by Crippen LogP contribution is -2.26. The fraction of sp³-hybridized carbons (Fsp3) is 0.739. The highest BCUT2D eigenvalue weighted by atomic mass is 16.5. The van der Waals surface area contributed by atoms with Gasteiger partial charge in [0, 0.05) is 5.57 Å². The van der Waals surface area contributed by atoms with Crippen molar-refractivity contribution < 1.29 is 19.1 Å². The first kappa shape index (κ1) is 21.7.